The fraction of sp³-hybridized carbons (Fsp3) is 0.846. The minimum atomic E-state index is 0.334. The molecule has 0 saturated heterocycles. The van der Waals surface area contributed by atoms with Crippen molar-refractivity contribution in [1.82, 2.24) is 0 Å². The predicted octanol–water partition coefficient (Wildman–Crippen LogP) is 4.31. The van der Waals surface area contributed by atoms with Crippen molar-refractivity contribution in [3.05, 3.63) is 6.92 Å². The smallest absolute Gasteiger partial charge is 0.129 e. The van der Waals surface area contributed by atoms with Gasteiger partial charge in [-0.2, -0.15) is 0 Å². The summed E-state index contributed by atoms with van der Waals surface area (Å²) in [5, 5.41) is 0. The molecule has 0 aliphatic carbocycles. The number of rotatable bonds is 10. The minimum absolute atomic E-state index is 0.334. The lowest BCUT2D eigenvalue weighted by Crippen LogP contribution is -1.89. The van der Waals surface area contributed by atoms with Gasteiger partial charge in [0, 0.05) is 6.42 Å². The van der Waals surface area contributed by atoms with Crippen molar-refractivity contribution in [3.63, 3.8) is 0 Å². The van der Waals surface area contributed by atoms with Gasteiger partial charge in [-0.05, 0) is 13.3 Å². The Morgan fingerprint density at radius 2 is 1.29 bits per heavy atom. The Morgan fingerprint density at radius 1 is 0.857 bits per heavy atom. The Balaban J connectivity index is 2.88. The molecule has 0 aromatic rings. The lowest BCUT2D eigenvalue weighted by Gasteiger charge is -2.00. The van der Waals surface area contributed by atoms with E-state index < -0.39 is 0 Å². The maximum absolute atomic E-state index is 10.6. The molecule has 0 rings (SSSR count). The Hall–Kier alpha value is -0.330. The van der Waals surface area contributed by atoms with Crippen LogP contribution in [-0.2, 0) is 4.79 Å². The molecule has 1 nitrogen and oxygen atoms in total. The molecule has 1 radical (unpaired) electrons. The summed E-state index contributed by atoms with van der Waals surface area (Å²) in [7, 11) is 0. The van der Waals surface area contributed by atoms with Crippen LogP contribution in [0.4, 0.5) is 0 Å². The van der Waals surface area contributed by atoms with Crippen molar-refractivity contribution in [3.8, 4) is 0 Å². The van der Waals surface area contributed by atoms with Crippen LogP contribution >= 0.6 is 0 Å². The first-order valence-electron chi connectivity index (χ1n) is 6.06. The zero-order valence-corrected chi connectivity index (χ0v) is 9.69. The summed E-state index contributed by atoms with van der Waals surface area (Å²) < 4.78 is 0. The van der Waals surface area contributed by atoms with Gasteiger partial charge in [0.05, 0.1) is 0 Å². The molecule has 0 atom stereocenters. The number of hydrogen-bond donors (Lipinski definition) is 0. The van der Waals surface area contributed by atoms with Gasteiger partial charge in [-0.25, -0.2) is 0 Å². The van der Waals surface area contributed by atoms with E-state index >= 15 is 0 Å². The summed E-state index contributed by atoms with van der Waals surface area (Å²) >= 11 is 0. The van der Waals surface area contributed by atoms with Crippen LogP contribution in [0.5, 0.6) is 0 Å². The van der Waals surface area contributed by atoms with Crippen molar-refractivity contribution in [2.24, 2.45) is 0 Å². The van der Waals surface area contributed by atoms with Gasteiger partial charge in [0.15, 0.2) is 0 Å². The largest absolute Gasteiger partial charge is 0.300 e. The van der Waals surface area contributed by atoms with Crippen LogP contribution in [0.1, 0.15) is 71.1 Å². The first-order valence-corrected chi connectivity index (χ1v) is 6.06. The van der Waals surface area contributed by atoms with E-state index in [-0.39, 0.29) is 0 Å². The van der Waals surface area contributed by atoms with Crippen LogP contribution in [-0.4, -0.2) is 5.78 Å². The normalized spacial score (nSPS) is 10.4. The molecule has 0 aliphatic heterocycles. The Kier molecular flexibility index (Phi) is 10.5. The standard InChI is InChI=1S/C13H25O/c1-3-4-5-6-7-8-9-10-11-12-13(2)14/h1,3-12H2,2H3. The summed E-state index contributed by atoms with van der Waals surface area (Å²) in [6.45, 7) is 5.51. The summed E-state index contributed by atoms with van der Waals surface area (Å²) in [6.07, 6.45) is 12.2. The highest BCUT2D eigenvalue weighted by atomic mass is 16.1. The molecule has 0 aromatic heterocycles. The van der Waals surface area contributed by atoms with E-state index in [1.54, 1.807) is 6.92 Å². The monoisotopic (exact) mass is 197 g/mol. The lowest BCUT2D eigenvalue weighted by atomic mass is 10.1. The molecule has 14 heavy (non-hydrogen) atoms. The summed E-state index contributed by atoms with van der Waals surface area (Å²) in [4.78, 5) is 10.6. The molecule has 0 N–H and O–H groups in total. The Labute approximate surface area is 89.3 Å². The van der Waals surface area contributed by atoms with Crippen LogP contribution in [0.15, 0.2) is 0 Å². The van der Waals surface area contributed by atoms with Gasteiger partial charge in [-0.1, -0.05) is 58.3 Å². The molecular weight excluding hydrogens is 172 g/mol. The van der Waals surface area contributed by atoms with Crippen LogP contribution in [0.3, 0.4) is 0 Å². The zero-order chi connectivity index (χ0) is 10.6. The third-order valence-corrected chi connectivity index (χ3v) is 2.53. The number of unbranched alkanes of at least 4 members (excludes halogenated alkanes) is 8. The average Bonchev–Trinajstić information content (AvgIpc) is 2.15. The topological polar surface area (TPSA) is 17.1 Å². The van der Waals surface area contributed by atoms with Crippen molar-refractivity contribution in [1.29, 1.82) is 0 Å². The number of carbonyl (C=O) groups excluding carboxylic acids is 1. The second kappa shape index (κ2) is 10.7. The number of Topliss-reactive ketones (excluding diaryl/α,β-unsaturated/α-hetero) is 1. The lowest BCUT2D eigenvalue weighted by molar-refractivity contribution is -0.117. The Morgan fingerprint density at radius 3 is 1.71 bits per heavy atom. The molecule has 0 bridgehead atoms. The molecule has 0 saturated carbocycles. The first kappa shape index (κ1) is 13.7. The van der Waals surface area contributed by atoms with Crippen molar-refractivity contribution < 1.29 is 4.79 Å². The molecule has 0 heterocycles. The number of hydrogen-bond acceptors (Lipinski definition) is 1. The van der Waals surface area contributed by atoms with Crippen LogP contribution in [0.25, 0.3) is 0 Å². The SMILES string of the molecule is [CH2]CCCCCCCCCCC(C)=O. The van der Waals surface area contributed by atoms with Gasteiger partial charge in [-0.15, -0.1) is 0 Å². The van der Waals surface area contributed by atoms with E-state index in [1.807, 2.05) is 0 Å². The summed E-state index contributed by atoms with van der Waals surface area (Å²) in [6, 6.07) is 0. The summed E-state index contributed by atoms with van der Waals surface area (Å²) in [5.41, 5.74) is 0. The number of carbonyl (C=O) groups is 1. The highest BCUT2D eigenvalue weighted by molar-refractivity contribution is 5.75. The molecule has 83 valence electrons. The van der Waals surface area contributed by atoms with Gasteiger partial charge in [-0.3, -0.25) is 0 Å². The maximum Gasteiger partial charge on any atom is 0.129 e. The molecule has 0 aliphatic rings. The van der Waals surface area contributed by atoms with Crippen molar-refractivity contribution in [2.45, 2.75) is 71.1 Å². The minimum Gasteiger partial charge on any atom is -0.300 e. The van der Waals surface area contributed by atoms with E-state index in [1.165, 1.54) is 44.9 Å². The predicted molar refractivity (Wildman–Crippen MR) is 62.2 cm³/mol. The van der Waals surface area contributed by atoms with E-state index in [4.69, 9.17) is 0 Å². The van der Waals surface area contributed by atoms with Gasteiger partial charge in [0.2, 0.25) is 0 Å². The van der Waals surface area contributed by atoms with Crippen LogP contribution < -0.4 is 0 Å². The quantitative estimate of drug-likeness (QED) is 0.477. The molecule has 0 unspecified atom stereocenters. The molecule has 0 amide bonds. The highest BCUT2D eigenvalue weighted by Crippen LogP contribution is 2.10. The van der Waals surface area contributed by atoms with Crippen molar-refractivity contribution in [2.75, 3.05) is 0 Å². The van der Waals surface area contributed by atoms with E-state index in [2.05, 4.69) is 6.92 Å². The molecule has 0 spiro atoms. The summed E-state index contributed by atoms with van der Waals surface area (Å²) in [5.74, 6) is 0.334. The van der Waals surface area contributed by atoms with Gasteiger partial charge < -0.3 is 4.79 Å². The van der Waals surface area contributed by atoms with Gasteiger partial charge in [0.1, 0.15) is 5.78 Å². The molecule has 1 heteroatoms. The maximum atomic E-state index is 10.6. The van der Waals surface area contributed by atoms with Crippen LogP contribution in [0, 0.1) is 6.92 Å². The fourth-order valence-corrected chi connectivity index (χ4v) is 1.61. The van der Waals surface area contributed by atoms with Crippen molar-refractivity contribution >= 4 is 5.78 Å². The highest BCUT2D eigenvalue weighted by Gasteiger charge is 1.94. The van der Waals surface area contributed by atoms with E-state index in [0.717, 1.165) is 19.3 Å². The second-order valence-corrected chi connectivity index (χ2v) is 4.13. The van der Waals surface area contributed by atoms with E-state index in [0.29, 0.717) is 5.78 Å². The van der Waals surface area contributed by atoms with Gasteiger partial charge in [0.25, 0.3) is 0 Å². The Bertz CT molecular complexity index is 129. The third-order valence-electron chi connectivity index (χ3n) is 2.53. The number of ketones is 1. The fourth-order valence-electron chi connectivity index (χ4n) is 1.61. The van der Waals surface area contributed by atoms with Crippen LogP contribution in [0.2, 0.25) is 0 Å². The van der Waals surface area contributed by atoms with Gasteiger partial charge >= 0.3 is 0 Å². The zero-order valence-electron chi connectivity index (χ0n) is 9.69. The third kappa shape index (κ3) is 11.7. The first-order chi connectivity index (χ1) is 6.77. The molecular formula is C13H25O. The average molecular weight is 197 g/mol. The molecule has 0 aromatic carbocycles. The van der Waals surface area contributed by atoms with E-state index in [9.17, 15) is 4.79 Å². The molecule has 0 fully saturated rings. The second-order valence-electron chi connectivity index (χ2n) is 4.13.